The van der Waals surface area contributed by atoms with Gasteiger partial charge in [0.2, 0.25) is 0 Å². The van der Waals surface area contributed by atoms with Crippen molar-refractivity contribution in [1.82, 2.24) is 15.5 Å². The van der Waals surface area contributed by atoms with Crippen LogP contribution >= 0.6 is 34.4 Å². The zero-order valence-electron chi connectivity index (χ0n) is 12.5. The second kappa shape index (κ2) is 7.22. The van der Waals surface area contributed by atoms with E-state index in [-0.39, 0.29) is 0 Å². The third-order valence-electron chi connectivity index (χ3n) is 3.63. The first kappa shape index (κ1) is 15.5. The molecule has 1 atom stereocenters. The van der Waals surface area contributed by atoms with Gasteiger partial charge in [-0.25, -0.2) is 0 Å². The Morgan fingerprint density at radius 2 is 2.19 bits per heavy atom. The molecule has 3 rings (SSSR count). The number of thiophene rings is 1. The van der Waals surface area contributed by atoms with E-state index in [2.05, 4.69) is 35.4 Å². The maximum Gasteiger partial charge on any atom is 0.157 e. The van der Waals surface area contributed by atoms with Crippen LogP contribution in [0.1, 0.15) is 48.2 Å². The highest BCUT2D eigenvalue weighted by molar-refractivity contribution is 7.98. The maximum absolute atomic E-state index is 4.44. The quantitative estimate of drug-likeness (QED) is 0.840. The predicted octanol–water partition coefficient (Wildman–Crippen LogP) is 4.51. The van der Waals surface area contributed by atoms with Crippen LogP contribution < -0.4 is 5.32 Å². The van der Waals surface area contributed by atoms with E-state index < -0.39 is 0 Å². The highest BCUT2D eigenvalue weighted by Crippen LogP contribution is 2.38. The van der Waals surface area contributed by atoms with E-state index in [1.54, 1.807) is 16.2 Å². The lowest BCUT2D eigenvalue weighted by Crippen LogP contribution is -2.21. The van der Waals surface area contributed by atoms with Crippen LogP contribution in [0.5, 0.6) is 0 Å². The van der Waals surface area contributed by atoms with Crippen LogP contribution in [0.3, 0.4) is 0 Å². The van der Waals surface area contributed by atoms with Gasteiger partial charge in [0.05, 0.1) is 10.9 Å². The normalized spacial score (nSPS) is 15.9. The molecule has 0 aromatic carbocycles. The largest absolute Gasteiger partial charge is 0.308 e. The van der Waals surface area contributed by atoms with Gasteiger partial charge in [-0.05, 0) is 43.2 Å². The van der Waals surface area contributed by atoms with Gasteiger partial charge in [0.15, 0.2) is 5.01 Å². The van der Waals surface area contributed by atoms with Crippen LogP contribution in [-0.2, 0) is 12.2 Å². The predicted molar refractivity (Wildman–Crippen MR) is 94.4 cm³/mol. The number of nitrogens with one attached hydrogen (secondary N) is 1. The second-order valence-electron chi connectivity index (χ2n) is 5.22. The van der Waals surface area contributed by atoms with E-state index in [0.717, 1.165) is 35.2 Å². The Morgan fingerprint density at radius 1 is 1.29 bits per heavy atom. The molecular weight excluding hydrogens is 318 g/mol. The van der Waals surface area contributed by atoms with Crippen LogP contribution in [0.25, 0.3) is 9.88 Å². The van der Waals surface area contributed by atoms with Crippen LogP contribution in [0.2, 0.25) is 0 Å². The number of hydrogen-bond donors (Lipinski definition) is 1. The molecule has 0 aliphatic carbocycles. The molecule has 114 valence electrons. The molecule has 21 heavy (non-hydrogen) atoms. The molecule has 0 radical (unpaired) electrons. The smallest absolute Gasteiger partial charge is 0.157 e. The third kappa shape index (κ3) is 3.50. The Bertz CT molecular complexity index is 567. The fraction of sp³-hybridized carbons (Fsp3) is 0.600. The lowest BCUT2D eigenvalue weighted by atomic mass is 10.2. The summed E-state index contributed by atoms with van der Waals surface area (Å²) in [7, 11) is 0. The van der Waals surface area contributed by atoms with Crippen molar-refractivity contribution >= 4 is 34.4 Å². The van der Waals surface area contributed by atoms with Crippen molar-refractivity contribution in [2.24, 2.45) is 0 Å². The van der Waals surface area contributed by atoms with Crippen molar-refractivity contribution in [2.75, 3.05) is 12.3 Å². The highest BCUT2D eigenvalue weighted by atomic mass is 32.2. The molecule has 6 heteroatoms. The molecule has 1 aliphatic heterocycles. The summed E-state index contributed by atoms with van der Waals surface area (Å²) in [6, 6.07) is 2.68. The average molecular weight is 340 g/mol. The minimum Gasteiger partial charge on any atom is -0.308 e. The van der Waals surface area contributed by atoms with E-state index in [9.17, 15) is 0 Å². The zero-order valence-corrected chi connectivity index (χ0v) is 15.0. The summed E-state index contributed by atoms with van der Waals surface area (Å²) in [5, 5.41) is 14.6. The van der Waals surface area contributed by atoms with Crippen molar-refractivity contribution in [3.63, 3.8) is 0 Å². The summed E-state index contributed by atoms with van der Waals surface area (Å²) in [6.07, 6.45) is 3.43. The Kier molecular flexibility index (Phi) is 5.32. The molecule has 0 fully saturated rings. The van der Waals surface area contributed by atoms with E-state index in [4.69, 9.17) is 0 Å². The van der Waals surface area contributed by atoms with Gasteiger partial charge in [-0.15, -0.1) is 21.5 Å². The first-order valence-corrected chi connectivity index (χ1v) is 10.4. The Labute approximate surface area is 138 Å². The molecule has 2 aromatic rings. The molecule has 0 saturated carbocycles. The van der Waals surface area contributed by atoms with E-state index in [0.29, 0.717) is 6.04 Å². The molecular formula is C15H21N3S3. The molecule has 1 N–H and O–H groups in total. The van der Waals surface area contributed by atoms with Gasteiger partial charge < -0.3 is 5.32 Å². The fourth-order valence-corrected chi connectivity index (χ4v) is 5.87. The minimum absolute atomic E-state index is 0.348. The lowest BCUT2D eigenvalue weighted by molar-refractivity contribution is 0.513. The van der Waals surface area contributed by atoms with E-state index in [1.165, 1.54) is 22.6 Å². The van der Waals surface area contributed by atoms with Crippen molar-refractivity contribution < 1.29 is 0 Å². The van der Waals surface area contributed by atoms with Gasteiger partial charge in [-0.1, -0.05) is 25.2 Å². The van der Waals surface area contributed by atoms with Gasteiger partial charge in [0.1, 0.15) is 5.01 Å². The van der Waals surface area contributed by atoms with Crippen molar-refractivity contribution in [1.29, 1.82) is 0 Å². The second-order valence-corrected chi connectivity index (χ2v) is 8.47. The summed E-state index contributed by atoms with van der Waals surface area (Å²) in [5.41, 5.74) is 1.51. The summed E-state index contributed by atoms with van der Waals surface area (Å²) in [5.74, 6) is 2.42. The molecule has 1 aliphatic rings. The molecule has 0 amide bonds. The van der Waals surface area contributed by atoms with Crippen LogP contribution in [0, 0.1) is 0 Å². The molecule has 2 aromatic heterocycles. The number of thioether (sulfide) groups is 1. The Balaban J connectivity index is 1.79. The molecule has 0 saturated heterocycles. The SMILES string of the molecule is CCCNC(CC)c1nnc(-c2cc3c(s2)CCSC3)s1. The summed E-state index contributed by atoms with van der Waals surface area (Å²) in [6.45, 7) is 5.44. The molecule has 0 spiro atoms. The standard InChI is InChI=1S/C15H21N3S3/c1-3-6-16-11(4-2)14-17-18-15(21-14)13-8-10-9-19-7-5-12(10)20-13/h8,11,16H,3-7,9H2,1-2H3. The maximum atomic E-state index is 4.44. The monoisotopic (exact) mass is 339 g/mol. The summed E-state index contributed by atoms with van der Waals surface area (Å²) in [4.78, 5) is 2.85. The van der Waals surface area contributed by atoms with Crippen molar-refractivity contribution in [3.05, 3.63) is 21.5 Å². The zero-order chi connectivity index (χ0) is 14.7. The molecule has 0 bridgehead atoms. The lowest BCUT2D eigenvalue weighted by Gasteiger charge is -2.12. The van der Waals surface area contributed by atoms with Gasteiger partial charge in [-0.3, -0.25) is 0 Å². The minimum atomic E-state index is 0.348. The first-order valence-electron chi connectivity index (χ1n) is 7.58. The highest BCUT2D eigenvalue weighted by Gasteiger charge is 2.19. The summed E-state index contributed by atoms with van der Waals surface area (Å²) < 4.78 is 0. The fourth-order valence-electron chi connectivity index (χ4n) is 2.45. The van der Waals surface area contributed by atoms with Gasteiger partial charge in [-0.2, -0.15) is 11.8 Å². The van der Waals surface area contributed by atoms with E-state index in [1.807, 2.05) is 23.1 Å². The third-order valence-corrected chi connectivity index (χ3v) is 7.08. The van der Waals surface area contributed by atoms with Crippen LogP contribution in [-0.4, -0.2) is 22.5 Å². The topological polar surface area (TPSA) is 37.8 Å². The van der Waals surface area contributed by atoms with Crippen molar-refractivity contribution in [2.45, 2.75) is 44.9 Å². The molecule has 1 unspecified atom stereocenters. The number of aryl methyl sites for hydroxylation is 1. The van der Waals surface area contributed by atoms with Crippen molar-refractivity contribution in [3.8, 4) is 9.88 Å². The molecule has 3 heterocycles. The van der Waals surface area contributed by atoms with Crippen LogP contribution in [0.4, 0.5) is 0 Å². The van der Waals surface area contributed by atoms with Gasteiger partial charge >= 0.3 is 0 Å². The van der Waals surface area contributed by atoms with Gasteiger partial charge in [0.25, 0.3) is 0 Å². The van der Waals surface area contributed by atoms with Gasteiger partial charge in [0, 0.05) is 10.6 Å². The number of aromatic nitrogens is 2. The Morgan fingerprint density at radius 3 is 2.95 bits per heavy atom. The number of hydrogen-bond acceptors (Lipinski definition) is 6. The van der Waals surface area contributed by atoms with Crippen LogP contribution in [0.15, 0.2) is 6.07 Å². The number of fused-ring (bicyclic) bond motifs is 1. The Hall–Kier alpha value is -0.430. The average Bonchev–Trinajstić information content (AvgIpc) is 3.14. The van der Waals surface area contributed by atoms with E-state index >= 15 is 0 Å². The number of nitrogens with zero attached hydrogens (tertiary/aromatic N) is 2. The molecule has 3 nitrogen and oxygen atoms in total. The summed E-state index contributed by atoms with van der Waals surface area (Å²) >= 11 is 5.70. The first-order chi connectivity index (χ1) is 10.3. The number of rotatable bonds is 6.